The van der Waals surface area contributed by atoms with Gasteiger partial charge in [-0.3, -0.25) is 14.4 Å². The number of hydrogen-bond acceptors (Lipinski definition) is 15. The van der Waals surface area contributed by atoms with Crippen molar-refractivity contribution in [2.75, 3.05) is 34.7 Å². The highest BCUT2D eigenvalue weighted by Crippen LogP contribution is 2.61. The summed E-state index contributed by atoms with van der Waals surface area (Å²) in [5.41, 5.74) is -1.07. The monoisotopic (exact) mass is 761 g/mol. The average Bonchev–Trinajstić information content (AvgIpc) is 3.74. The van der Waals surface area contributed by atoms with E-state index in [1.165, 1.54) is 59.4 Å². The SMILES string of the molecule is C/C=C(/C)C(=O)O[C@H]1c2cc(OC)c(OC)c(OC)c2-c2c(cc3c(c2OCC(=O)ON2C(=O)c4ccccc4C2=O)OCO3)[C@H](OC(C)=O)[C@H](C)[C@]1(C)O. The molecule has 1 aliphatic carbocycles. The van der Waals surface area contributed by atoms with Crippen LogP contribution < -0.4 is 28.4 Å². The number of nitrogens with zero attached hydrogens (tertiary/aromatic N) is 1. The molecule has 55 heavy (non-hydrogen) atoms. The molecule has 0 saturated heterocycles. The molecule has 0 radical (unpaired) electrons. The van der Waals surface area contributed by atoms with Crippen LogP contribution in [0.3, 0.4) is 0 Å². The molecule has 4 atom stereocenters. The summed E-state index contributed by atoms with van der Waals surface area (Å²) in [7, 11) is 4.10. The molecule has 290 valence electrons. The molecule has 3 aromatic carbocycles. The smallest absolute Gasteiger partial charge is 0.370 e. The highest BCUT2D eigenvalue weighted by molar-refractivity contribution is 6.20. The third kappa shape index (κ3) is 6.51. The maximum absolute atomic E-state index is 13.5. The zero-order chi connectivity index (χ0) is 39.9. The van der Waals surface area contributed by atoms with Crippen LogP contribution in [-0.2, 0) is 28.7 Å². The molecule has 16 heteroatoms. The molecule has 0 saturated carbocycles. The van der Waals surface area contributed by atoms with Crippen LogP contribution in [0.2, 0.25) is 0 Å². The molecule has 2 aliphatic heterocycles. The number of hydroxylamine groups is 2. The summed E-state index contributed by atoms with van der Waals surface area (Å²) < 4.78 is 47.2. The number of rotatable bonds is 10. The van der Waals surface area contributed by atoms with Crippen LogP contribution in [0.1, 0.15) is 78.7 Å². The average molecular weight is 762 g/mol. The Balaban J connectivity index is 1.59. The van der Waals surface area contributed by atoms with Crippen molar-refractivity contribution >= 4 is 29.7 Å². The number of amides is 2. The normalized spacial score (nSPS) is 21.0. The maximum atomic E-state index is 13.5. The van der Waals surface area contributed by atoms with Gasteiger partial charge in [0.2, 0.25) is 18.3 Å². The van der Waals surface area contributed by atoms with E-state index in [2.05, 4.69) is 0 Å². The Morgan fingerprint density at radius 2 is 1.55 bits per heavy atom. The lowest BCUT2D eigenvalue weighted by Gasteiger charge is -2.43. The van der Waals surface area contributed by atoms with Crippen LogP contribution >= 0.6 is 0 Å². The molecule has 2 amide bonds. The Bertz CT molecular complexity index is 2100. The van der Waals surface area contributed by atoms with Crippen molar-refractivity contribution in [1.82, 2.24) is 5.06 Å². The van der Waals surface area contributed by atoms with Crippen molar-refractivity contribution in [3.63, 3.8) is 0 Å². The third-order valence-electron chi connectivity index (χ3n) is 9.81. The van der Waals surface area contributed by atoms with Gasteiger partial charge < -0.3 is 47.8 Å². The number of carbonyl (C=O) groups is 5. The van der Waals surface area contributed by atoms with Crippen LogP contribution in [0.4, 0.5) is 0 Å². The van der Waals surface area contributed by atoms with Gasteiger partial charge in [-0.1, -0.05) is 30.2 Å². The fraction of sp³-hybridized carbons (Fsp3) is 0.359. The lowest BCUT2D eigenvalue weighted by atomic mass is 9.71. The largest absolute Gasteiger partial charge is 0.493 e. The van der Waals surface area contributed by atoms with Crippen molar-refractivity contribution in [2.45, 2.75) is 52.4 Å². The number of benzene rings is 3. The number of ether oxygens (including phenoxy) is 8. The molecule has 0 spiro atoms. The first-order chi connectivity index (χ1) is 26.2. The van der Waals surface area contributed by atoms with Crippen LogP contribution in [0, 0.1) is 5.92 Å². The van der Waals surface area contributed by atoms with Crippen LogP contribution in [-0.4, -0.2) is 80.2 Å². The van der Waals surface area contributed by atoms with Crippen molar-refractivity contribution in [3.05, 3.63) is 70.3 Å². The number of carbonyl (C=O) groups excluding carboxylic acids is 5. The summed E-state index contributed by atoms with van der Waals surface area (Å²) in [4.78, 5) is 70.8. The van der Waals surface area contributed by atoms with E-state index in [1.807, 2.05) is 0 Å². The highest BCUT2D eigenvalue weighted by Gasteiger charge is 2.52. The zero-order valence-corrected chi connectivity index (χ0v) is 31.3. The summed E-state index contributed by atoms with van der Waals surface area (Å²) in [5.74, 6) is -5.14. The van der Waals surface area contributed by atoms with E-state index in [4.69, 9.17) is 42.7 Å². The predicted molar refractivity (Wildman–Crippen MR) is 189 cm³/mol. The molecular weight excluding hydrogens is 722 g/mol. The molecule has 2 heterocycles. The molecule has 0 fully saturated rings. The Morgan fingerprint density at radius 1 is 0.909 bits per heavy atom. The minimum atomic E-state index is -1.98. The topological polar surface area (TPSA) is 192 Å². The quantitative estimate of drug-likeness (QED) is 0.168. The second-order valence-electron chi connectivity index (χ2n) is 13.0. The first-order valence-electron chi connectivity index (χ1n) is 17.0. The maximum Gasteiger partial charge on any atom is 0.370 e. The van der Waals surface area contributed by atoms with Gasteiger partial charge in [-0.05, 0) is 45.0 Å². The van der Waals surface area contributed by atoms with E-state index in [0.717, 1.165) is 0 Å². The molecule has 16 nitrogen and oxygen atoms in total. The van der Waals surface area contributed by atoms with Crippen molar-refractivity contribution in [1.29, 1.82) is 0 Å². The molecule has 1 N–H and O–H groups in total. The van der Waals surface area contributed by atoms with E-state index < -0.39 is 60.1 Å². The molecule has 0 unspecified atom stereocenters. The molecule has 0 bridgehead atoms. The second kappa shape index (κ2) is 14.9. The third-order valence-corrected chi connectivity index (χ3v) is 9.81. The lowest BCUT2D eigenvalue weighted by Crippen LogP contribution is -2.46. The number of imide groups is 1. The number of esters is 2. The van der Waals surface area contributed by atoms with E-state index in [-0.39, 0.29) is 80.2 Å². The van der Waals surface area contributed by atoms with Gasteiger partial charge in [0.25, 0.3) is 11.8 Å². The van der Waals surface area contributed by atoms with E-state index in [0.29, 0.717) is 5.06 Å². The fourth-order valence-electron chi connectivity index (χ4n) is 6.77. The lowest BCUT2D eigenvalue weighted by molar-refractivity contribution is -0.182. The first-order valence-corrected chi connectivity index (χ1v) is 17.0. The van der Waals surface area contributed by atoms with Gasteiger partial charge in [0.05, 0.1) is 32.5 Å². The van der Waals surface area contributed by atoms with Gasteiger partial charge in [0, 0.05) is 40.7 Å². The fourth-order valence-corrected chi connectivity index (χ4v) is 6.77. The molecule has 3 aliphatic rings. The van der Waals surface area contributed by atoms with Gasteiger partial charge in [0.1, 0.15) is 11.7 Å². The van der Waals surface area contributed by atoms with Crippen molar-refractivity contribution < 1.29 is 71.8 Å². The molecule has 6 rings (SSSR count). The van der Waals surface area contributed by atoms with E-state index in [9.17, 15) is 29.1 Å². The van der Waals surface area contributed by atoms with Crippen LogP contribution in [0.25, 0.3) is 11.1 Å². The standard InChI is InChI=1S/C39H39NO15/c1-9-18(2)38(45)54-35-24-15-25(47-6)31(48-7)33(49-8)29(24)28-23(30(53-20(4)41)19(3)39(35,5)46)14-26-32(52-17-51-26)34(28)50-16-27(42)55-40-36(43)21-12-10-11-13-22(21)37(40)44/h9-15,19,30,35,46H,16-17H2,1-8H3/b18-9-/t19-,30+,35-,39-/m0/s1. The molecule has 0 aromatic heterocycles. The highest BCUT2D eigenvalue weighted by atomic mass is 16.7. The first kappa shape index (κ1) is 38.4. The Morgan fingerprint density at radius 3 is 2.13 bits per heavy atom. The van der Waals surface area contributed by atoms with Gasteiger partial charge in [-0.2, -0.15) is 0 Å². The number of hydrogen-bond donors (Lipinski definition) is 1. The van der Waals surface area contributed by atoms with E-state index >= 15 is 0 Å². The summed E-state index contributed by atoms with van der Waals surface area (Å²) >= 11 is 0. The van der Waals surface area contributed by atoms with Crippen LogP contribution in [0.15, 0.2) is 48.0 Å². The summed E-state index contributed by atoms with van der Waals surface area (Å²) in [6.45, 7) is 6.26. The zero-order valence-electron chi connectivity index (χ0n) is 31.3. The van der Waals surface area contributed by atoms with E-state index in [1.54, 1.807) is 39.0 Å². The van der Waals surface area contributed by atoms with Gasteiger partial charge in [-0.15, -0.1) is 0 Å². The molecular formula is C39H39NO15. The summed E-state index contributed by atoms with van der Waals surface area (Å²) in [5, 5.41) is 12.8. The Kier molecular flexibility index (Phi) is 10.4. The number of fused-ring (bicyclic) bond motifs is 5. The van der Waals surface area contributed by atoms with Crippen molar-refractivity contribution in [3.8, 4) is 45.6 Å². The van der Waals surface area contributed by atoms with Crippen LogP contribution in [0.5, 0.6) is 34.5 Å². The van der Waals surface area contributed by atoms with Gasteiger partial charge >= 0.3 is 17.9 Å². The van der Waals surface area contributed by atoms with Gasteiger partial charge in [0.15, 0.2) is 35.7 Å². The predicted octanol–water partition coefficient (Wildman–Crippen LogP) is 4.80. The van der Waals surface area contributed by atoms with Gasteiger partial charge in [-0.25, -0.2) is 9.59 Å². The molecule has 3 aromatic rings. The minimum Gasteiger partial charge on any atom is -0.493 e. The van der Waals surface area contributed by atoms with Crippen molar-refractivity contribution in [2.24, 2.45) is 5.92 Å². The number of aliphatic hydroxyl groups is 1. The summed E-state index contributed by atoms with van der Waals surface area (Å²) in [6.07, 6.45) is -1.25. The Hall–Kier alpha value is -6.29. The second-order valence-corrected chi connectivity index (χ2v) is 13.0. The minimum absolute atomic E-state index is 0.00569. The Labute approximate surface area is 315 Å². The number of allylic oxidation sites excluding steroid dienone is 1. The summed E-state index contributed by atoms with van der Waals surface area (Å²) in [6, 6.07) is 9.03. The number of methoxy groups -OCH3 is 3.